The number of piperidine rings is 1. The Bertz CT molecular complexity index is 1490. The summed E-state index contributed by atoms with van der Waals surface area (Å²) in [7, 11) is -2.96. The maximum absolute atomic E-state index is 13.9. The lowest BCUT2D eigenvalue weighted by atomic mass is 9.80. The number of alkyl halides is 3. The highest BCUT2D eigenvalue weighted by Gasteiger charge is 2.40. The molecule has 2 aliphatic rings. The van der Waals surface area contributed by atoms with Crippen LogP contribution in [0.25, 0.3) is 11.2 Å². The predicted molar refractivity (Wildman–Crippen MR) is 150 cm³/mol. The smallest absolute Gasteiger partial charge is 0.355 e. The first-order chi connectivity index (χ1) is 18.8. The molecular weight excluding hydrogens is 588 g/mol. The molecule has 0 N–H and O–H groups in total. The molecule has 1 unspecified atom stereocenters. The summed E-state index contributed by atoms with van der Waals surface area (Å²) in [6.07, 6.45) is 0.755. The van der Waals surface area contributed by atoms with Gasteiger partial charge >= 0.3 is 6.18 Å². The molecule has 14 heteroatoms. The number of halogens is 5. The molecule has 0 amide bonds. The van der Waals surface area contributed by atoms with Crippen LogP contribution in [-0.4, -0.2) is 77.8 Å². The Morgan fingerprint density at radius 1 is 1.15 bits per heavy atom. The molecule has 1 aromatic carbocycles. The van der Waals surface area contributed by atoms with E-state index in [9.17, 15) is 21.6 Å². The third kappa shape index (κ3) is 6.34. The number of likely N-dealkylation sites (tertiary alicyclic amines) is 1. The van der Waals surface area contributed by atoms with Gasteiger partial charge in [0, 0.05) is 35.9 Å². The quantitative estimate of drug-likeness (QED) is 0.337. The zero-order chi connectivity index (χ0) is 28.8. The topological polar surface area (TPSA) is 84.2 Å². The van der Waals surface area contributed by atoms with Gasteiger partial charge in [-0.2, -0.15) is 18.3 Å². The van der Waals surface area contributed by atoms with Crippen LogP contribution in [0.1, 0.15) is 43.5 Å². The summed E-state index contributed by atoms with van der Waals surface area (Å²) in [4.78, 5) is 13.2. The predicted octanol–water partition coefficient (Wildman–Crippen LogP) is 5.34. The molecule has 218 valence electrons. The number of hydrogen-bond acceptors (Lipinski definition) is 7. The summed E-state index contributed by atoms with van der Waals surface area (Å²) in [5.41, 5.74) is -0.777. The number of anilines is 1. The van der Waals surface area contributed by atoms with Crippen molar-refractivity contribution in [3.8, 4) is 0 Å². The lowest BCUT2D eigenvalue weighted by molar-refractivity contribution is -0.140. The van der Waals surface area contributed by atoms with Crippen LogP contribution in [0.4, 0.5) is 19.0 Å². The van der Waals surface area contributed by atoms with Gasteiger partial charge in [0.15, 0.2) is 11.3 Å². The largest absolute Gasteiger partial charge is 0.437 e. The third-order valence-electron chi connectivity index (χ3n) is 7.87. The van der Waals surface area contributed by atoms with Crippen LogP contribution in [0.2, 0.25) is 10.0 Å². The summed E-state index contributed by atoms with van der Waals surface area (Å²) in [6, 6.07) is 4.20. The van der Waals surface area contributed by atoms with Gasteiger partial charge in [0.25, 0.3) is 0 Å². The minimum atomic E-state index is -4.70. The molecule has 2 atom stereocenters. The van der Waals surface area contributed by atoms with Crippen LogP contribution in [0.5, 0.6) is 0 Å². The van der Waals surface area contributed by atoms with Crippen LogP contribution >= 0.6 is 23.2 Å². The molecule has 4 heterocycles. The van der Waals surface area contributed by atoms with E-state index in [0.717, 1.165) is 45.6 Å². The van der Waals surface area contributed by atoms with Crippen LogP contribution < -0.4 is 4.90 Å². The van der Waals surface area contributed by atoms with Gasteiger partial charge in [-0.3, -0.25) is 0 Å². The molecule has 5 rings (SSSR count). The van der Waals surface area contributed by atoms with Crippen molar-refractivity contribution in [1.29, 1.82) is 0 Å². The van der Waals surface area contributed by atoms with Gasteiger partial charge in [0.1, 0.15) is 21.2 Å². The fraction of sp³-hybridized carbons (Fsp3) is 0.577. The molecule has 0 saturated carbocycles. The summed E-state index contributed by atoms with van der Waals surface area (Å²) in [6.45, 7) is 5.85. The van der Waals surface area contributed by atoms with Gasteiger partial charge in [-0.05, 0) is 68.8 Å². The zero-order valence-corrected chi connectivity index (χ0v) is 24.5. The van der Waals surface area contributed by atoms with Gasteiger partial charge in [-0.15, -0.1) is 0 Å². The Balaban J connectivity index is 1.33. The van der Waals surface area contributed by atoms with Crippen molar-refractivity contribution in [1.82, 2.24) is 24.6 Å². The van der Waals surface area contributed by atoms with Crippen molar-refractivity contribution in [2.75, 3.05) is 49.6 Å². The SMILES string of the molecule is CC(c1ccc(Cl)cc1Cl)n1nc(C(F)(F)F)c2ncc(N3CC([C@H]4CCCN(CCCS(C)(=O)=O)C4)C3)nc21. The average Bonchev–Trinajstić information content (AvgIpc) is 3.22. The van der Waals surface area contributed by atoms with E-state index < -0.39 is 27.7 Å². The molecule has 0 spiro atoms. The van der Waals surface area contributed by atoms with Gasteiger partial charge in [-0.1, -0.05) is 29.3 Å². The Morgan fingerprint density at radius 3 is 2.58 bits per heavy atom. The van der Waals surface area contributed by atoms with Gasteiger partial charge in [0.2, 0.25) is 0 Å². The van der Waals surface area contributed by atoms with E-state index in [-0.39, 0.29) is 16.9 Å². The number of fused-ring (bicyclic) bond motifs is 1. The van der Waals surface area contributed by atoms with Crippen molar-refractivity contribution in [3.63, 3.8) is 0 Å². The number of benzene rings is 1. The van der Waals surface area contributed by atoms with E-state index in [4.69, 9.17) is 23.2 Å². The summed E-state index contributed by atoms with van der Waals surface area (Å²) >= 11 is 12.4. The fourth-order valence-electron chi connectivity index (χ4n) is 5.71. The second kappa shape index (κ2) is 11.3. The van der Waals surface area contributed by atoms with Crippen molar-refractivity contribution in [2.45, 2.75) is 38.4 Å². The monoisotopic (exact) mass is 618 g/mol. The molecule has 0 radical (unpaired) electrons. The second-order valence-corrected chi connectivity index (χ2v) is 14.0. The van der Waals surface area contributed by atoms with Crippen LogP contribution in [0.15, 0.2) is 24.4 Å². The number of aromatic nitrogens is 4. The van der Waals surface area contributed by atoms with Crippen molar-refractivity contribution in [3.05, 3.63) is 45.7 Å². The lowest BCUT2D eigenvalue weighted by Gasteiger charge is -2.47. The molecule has 2 aliphatic heterocycles. The minimum Gasteiger partial charge on any atom is -0.355 e. The molecule has 0 bridgehead atoms. The van der Waals surface area contributed by atoms with Crippen LogP contribution in [0, 0.1) is 11.8 Å². The van der Waals surface area contributed by atoms with Gasteiger partial charge < -0.3 is 9.80 Å². The van der Waals surface area contributed by atoms with E-state index in [1.165, 1.54) is 17.1 Å². The summed E-state index contributed by atoms with van der Waals surface area (Å²) in [5, 5.41) is 4.64. The third-order valence-corrected chi connectivity index (χ3v) is 9.46. The first kappa shape index (κ1) is 29.3. The lowest BCUT2D eigenvalue weighted by Crippen LogP contribution is -2.54. The highest BCUT2D eigenvalue weighted by Crippen LogP contribution is 2.38. The zero-order valence-electron chi connectivity index (χ0n) is 22.2. The first-order valence-electron chi connectivity index (χ1n) is 13.2. The fourth-order valence-corrected chi connectivity index (χ4v) is 6.93. The Hall–Kier alpha value is -2.15. The van der Waals surface area contributed by atoms with Gasteiger partial charge in [-0.25, -0.2) is 23.1 Å². The maximum Gasteiger partial charge on any atom is 0.437 e. The van der Waals surface area contributed by atoms with Crippen molar-refractivity contribution >= 4 is 50.0 Å². The van der Waals surface area contributed by atoms with Crippen molar-refractivity contribution in [2.24, 2.45) is 11.8 Å². The minimum absolute atomic E-state index is 0.0431. The molecule has 40 heavy (non-hydrogen) atoms. The van der Waals surface area contributed by atoms with E-state index in [1.807, 2.05) is 4.90 Å². The molecule has 3 aromatic rings. The Labute approximate surface area is 241 Å². The average molecular weight is 620 g/mol. The standard InChI is InChI=1S/C26H31Cl2F3N6O2S/c1-16(20-7-6-19(27)11-21(20)28)37-25-23(24(34-37)26(29,30)31)32-12-22(33-25)36-14-18(15-36)17-5-3-8-35(13-17)9-4-10-40(2,38)39/h6-7,11-12,16-18H,3-5,8-10,13-15H2,1-2H3/t16?,17-/m0/s1. The maximum atomic E-state index is 13.9. The number of sulfone groups is 1. The molecule has 8 nitrogen and oxygen atoms in total. The highest BCUT2D eigenvalue weighted by molar-refractivity contribution is 7.90. The van der Waals surface area contributed by atoms with Crippen LogP contribution in [-0.2, 0) is 16.0 Å². The second-order valence-electron chi connectivity index (χ2n) is 10.9. The van der Waals surface area contributed by atoms with Crippen molar-refractivity contribution < 1.29 is 21.6 Å². The molecule has 0 aliphatic carbocycles. The Kier molecular flexibility index (Phi) is 8.26. The van der Waals surface area contributed by atoms with E-state index in [1.54, 1.807) is 25.1 Å². The molecule has 2 saturated heterocycles. The molecular formula is C26H31Cl2F3N6O2S. The van der Waals surface area contributed by atoms with Crippen LogP contribution in [0.3, 0.4) is 0 Å². The first-order valence-corrected chi connectivity index (χ1v) is 16.0. The normalized spacial score (nSPS) is 20.2. The van der Waals surface area contributed by atoms with E-state index in [2.05, 4.69) is 20.0 Å². The highest BCUT2D eigenvalue weighted by atomic mass is 35.5. The Morgan fingerprint density at radius 2 is 1.90 bits per heavy atom. The summed E-state index contributed by atoms with van der Waals surface area (Å²) < 4.78 is 65.7. The molecule has 2 aromatic heterocycles. The number of rotatable bonds is 8. The number of hydrogen-bond donors (Lipinski definition) is 0. The summed E-state index contributed by atoms with van der Waals surface area (Å²) in [5.74, 6) is 1.61. The van der Waals surface area contributed by atoms with E-state index >= 15 is 0 Å². The van der Waals surface area contributed by atoms with E-state index in [0.29, 0.717) is 39.7 Å². The van der Waals surface area contributed by atoms with Gasteiger partial charge in [0.05, 0.1) is 18.0 Å². The molecule has 2 fully saturated rings. The number of nitrogens with zero attached hydrogens (tertiary/aromatic N) is 6.